The number of hydrogen-bond acceptors (Lipinski definition) is 3. The number of carbonyl (C=O) groups is 3. The molecule has 3 rings (SSSR count). The van der Waals surface area contributed by atoms with E-state index in [1.54, 1.807) is 0 Å². The Morgan fingerprint density at radius 2 is 1.68 bits per heavy atom. The quantitative estimate of drug-likeness (QED) is 0.753. The van der Waals surface area contributed by atoms with Crippen molar-refractivity contribution in [3.63, 3.8) is 0 Å². The molecule has 2 N–H and O–H groups in total. The maximum Gasteiger partial charge on any atom is 0.253 e. The highest BCUT2D eigenvalue weighted by atomic mass is 16.2. The first-order valence-electron chi connectivity index (χ1n) is 10.8. The van der Waals surface area contributed by atoms with E-state index in [4.69, 9.17) is 0 Å². The third-order valence-electron chi connectivity index (χ3n) is 5.64. The molecule has 0 aromatic heterocycles. The molecule has 1 heterocycles. The zero-order valence-electron chi connectivity index (χ0n) is 18.5. The molecule has 0 aliphatic carbocycles. The normalized spacial score (nSPS) is 15.3. The lowest BCUT2D eigenvalue weighted by Gasteiger charge is -2.33. The Morgan fingerprint density at radius 3 is 2.29 bits per heavy atom. The van der Waals surface area contributed by atoms with Crippen LogP contribution in [0, 0.1) is 13.8 Å². The van der Waals surface area contributed by atoms with Gasteiger partial charge in [0.2, 0.25) is 11.8 Å². The second kappa shape index (κ2) is 10.2. The molecule has 0 saturated carbocycles. The molecule has 3 amide bonds. The Bertz CT molecular complexity index is 931. The minimum atomic E-state index is -0.619. The number of hydrogen-bond donors (Lipinski definition) is 2. The zero-order valence-corrected chi connectivity index (χ0v) is 18.5. The van der Waals surface area contributed by atoms with Gasteiger partial charge in [0.15, 0.2) is 0 Å². The predicted octanol–water partition coefficient (Wildman–Crippen LogP) is 2.77. The van der Waals surface area contributed by atoms with E-state index in [0.29, 0.717) is 37.9 Å². The maximum atomic E-state index is 12.9. The average molecular weight is 422 g/mol. The lowest BCUT2D eigenvalue weighted by Crippen LogP contribution is -2.53. The van der Waals surface area contributed by atoms with Crippen molar-refractivity contribution in [2.24, 2.45) is 0 Å². The Kier molecular flexibility index (Phi) is 7.45. The number of likely N-dealkylation sites (tertiary alicyclic amines) is 1. The van der Waals surface area contributed by atoms with Crippen LogP contribution in [0.3, 0.4) is 0 Å². The standard InChI is InChI=1S/C25H31N3O3/c1-17-7-9-21(10-8-17)25(31)28-13-11-22(12-14-28)27-24(30)23(26-19(3)29)16-20-6-4-5-18(2)15-20/h4-10,15,22-23H,11-14,16H2,1-3H3,(H,26,29)(H,27,30). The number of amides is 3. The van der Waals surface area contributed by atoms with Gasteiger partial charge in [-0.05, 0) is 44.4 Å². The summed E-state index contributed by atoms with van der Waals surface area (Å²) in [4.78, 5) is 39.1. The van der Waals surface area contributed by atoms with Crippen molar-refractivity contribution in [2.75, 3.05) is 13.1 Å². The van der Waals surface area contributed by atoms with Crippen molar-refractivity contribution in [1.82, 2.24) is 15.5 Å². The molecule has 1 saturated heterocycles. The summed E-state index contributed by atoms with van der Waals surface area (Å²) in [5, 5.41) is 5.85. The Balaban J connectivity index is 1.55. The van der Waals surface area contributed by atoms with Gasteiger partial charge >= 0.3 is 0 Å². The van der Waals surface area contributed by atoms with E-state index in [0.717, 1.165) is 16.7 Å². The van der Waals surface area contributed by atoms with Crippen LogP contribution in [-0.2, 0) is 16.0 Å². The summed E-state index contributed by atoms with van der Waals surface area (Å²) in [5.41, 5.74) is 3.94. The van der Waals surface area contributed by atoms with Gasteiger partial charge in [-0.1, -0.05) is 47.5 Å². The largest absolute Gasteiger partial charge is 0.351 e. The van der Waals surface area contributed by atoms with Gasteiger partial charge in [0.05, 0.1) is 0 Å². The van der Waals surface area contributed by atoms with Crippen LogP contribution in [0.5, 0.6) is 0 Å². The van der Waals surface area contributed by atoms with Crippen LogP contribution in [0.25, 0.3) is 0 Å². The summed E-state index contributed by atoms with van der Waals surface area (Å²) in [5.74, 6) is -0.383. The molecular weight excluding hydrogens is 390 g/mol. The van der Waals surface area contributed by atoms with Gasteiger partial charge in [0.1, 0.15) is 6.04 Å². The van der Waals surface area contributed by atoms with Gasteiger partial charge in [0, 0.05) is 38.0 Å². The van der Waals surface area contributed by atoms with Gasteiger partial charge in [0.25, 0.3) is 5.91 Å². The summed E-state index contributed by atoms with van der Waals surface area (Å²) in [6, 6.07) is 14.9. The van der Waals surface area contributed by atoms with Crippen LogP contribution in [0.1, 0.15) is 46.8 Å². The molecule has 0 bridgehead atoms. The highest BCUT2D eigenvalue weighted by Crippen LogP contribution is 2.15. The smallest absolute Gasteiger partial charge is 0.253 e. The Hall–Kier alpha value is -3.15. The number of rotatable bonds is 6. The highest BCUT2D eigenvalue weighted by Gasteiger charge is 2.27. The molecule has 31 heavy (non-hydrogen) atoms. The number of benzene rings is 2. The SMILES string of the molecule is CC(=O)NC(Cc1cccc(C)c1)C(=O)NC1CCN(C(=O)c2ccc(C)cc2)CC1. The molecule has 0 spiro atoms. The third-order valence-corrected chi connectivity index (χ3v) is 5.64. The lowest BCUT2D eigenvalue weighted by molar-refractivity contribution is -0.128. The summed E-state index contributed by atoms with van der Waals surface area (Å²) < 4.78 is 0. The summed E-state index contributed by atoms with van der Waals surface area (Å²) in [6.45, 7) is 6.62. The zero-order chi connectivity index (χ0) is 22.4. The van der Waals surface area contributed by atoms with Gasteiger partial charge < -0.3 is 15.5 Å². The second-order valence-corrected chi connectivity index (χ2v) is 8.39. The summed E-state index contributed by atoms with van der Waals surface area (Å²) >= 11 is 0. The molecule has 1 aliphatic heterocycles. The number of carbonyl (C=O) groups excluding carboxylic acids is 3. The van der Waals surface area contributed by atoms with Crippen LogP contribution in [0.4, 0.5) is 0 Å². The summed E-state index contributed by atoms with van der Waals surface area (Å²) in [7, 11) is 0. The van der Waals surface area contributed by atoms with Crippen LogP contribution in [-0.4, -0.2) is 47.8 Å². The molecule has 2 aromatic rings. The first kappa shape index (κ1) is 22.5. The van der Waals surface area contributed by atoms with Crippen molar-refractivity contribution in [1.29, 1.82) is 0 Å². The number of aryl methyl sites for hydroxylation is 2. The number of nitrogens with zero attached hydrogens (tertiary/aromatic N) is 1. The van der Waals surface area contributed by atoms with E-state index in [-0.39, 0.29) is 23.8 Å². The van der Waals surface area contributed by atoms with Crippen LogP contribution < -0.4 is 10.6 Å². The van der Waals surface area contributed by atoms with E-state index >= 15 is 0 Å². The molecule has 164 valence electrons. The van der Waals surface area contributed by atoms with E-state index in [9.17, 15) is 14.4 Å². The molecule has 1 aliphatic rings. The van der Waals surface area contributed by atoms with E-state index in [2.05, 4.69) is 10.6 Å². The number of piperidine rings is 1. The molecule has 1 unspecified atom stereocenters. The molecular formula is C25H31N3O3. The van der Waals surface area contributed by atoms with Crippen molar-refractivity contribution < 1.29 is 14.4 Å². The molecule has 1 fully saturated rings. The van der Waals surface area contributed by atoms with Gasteiger partial charge in [-0.3, -0.25) is 14.4 Å². The fourth-order valence-corrected chi connectivity index (χ4v) is 3.94. The third kappa shape index (κ3) is 6.41. The molecule has 0 radical (unpaired) electrons. The maximum absolute atomic E-state index is 12.9. The van der Waals surface area contributed by atoms with Gasteiger partial charge in [-0.15, -0.1) is 0 Å². The molecule has 2 aromatic carbocycles. The fraction of sp³-hybridized carbons (Fsp3) is 0.400. The van der Waals surface area contributed by atoms with Crippen molar-refractivity contribution in [3.8, 4) is 0 Å². The first-order valence-corrected chi connectivity index (χ1v) is 10.8. The van der Waals surface area contributed by atoms with E-state index in [1.807, 2.05) is 67.3 Å². The van der Waals surface area contributed by atoms with Gasteiger partial charge in [-0.2, -0.15) is 0 Å². The first-order chi connectivity index (χ1) is 14.8. The van der Waals surface area contributed by atoms with E-state index in [1.165, 1.54) is 6.92 Å². The van der Waals surface area contributed by atoms with Crippen LogP contribution in [0.2, 0.25) is 0 Å². The van der Waals surface area contributed by atoms with Crippen molar-refractivity contribution in [2.45, 2.75) is 52.1 Å². The lowest BCUT2D eigenvalue weighted by atomic mass is 10.0. The Morgan fingerprint density at radius 1 is 1.00 bits per heavy atom. The van der Waals surface area contributed by atoms with Crippen molar-refractivity contribution >= 4 is 17.7 Å². The monoisotopic (exact) mass is 421 g/mol. The average Bonchev–Trinajstić information content (AvgIpc) is 2.73. The van der Waals surface area contributed by atoms with Crippen LogP contribution in [0.15, 0.2) is 48.5 Å². The minimum Gasteiger partial charge on any atom is -0.351 e. The molecule has 6 heteroatoms. The van der Waals surface area contributed by atoms with Crippen molar-refractivity contribution in [3.05, 3.63) is 70.8 Å². The minimum absolute atomic E-state index is 0.0108. The summed E-state index contributed by atoms with van der Waals surface area (Å²) in [6.07, 6.45) is 1.83. The Labute approximate surface area is 184 Å². The predicted molar refractivity (Wildman–Crippen MR) is 121 cm³/mol. The van der Waals surface area contributed by atoms with Gasteiger partial charge in [-0.25, -0.2) is 0 Å². The molecule has 6 nitrogen and oxygen atoms in total. The fourth-order valence-electron chi connectivity index (χ4n) is 3.94. The second-order valence-electron chi connectivity index (χ2n) is 8.39. The highest BCUT2D eigenvalue weighted by molar-refractivity contribution is 5.94. The van der Waals surface area contributed by atoms with Crippen LogP contribution >= 0.6 is 0 Å². The number of nitrogens with one attached hydrogen (secondary N) is 2. The topological polar surface area (TPSA) is 78.5 Å². The molecule has 1 atom stereocenters. The van der Waals surface area contributed by atoms with E-state index < -0.39 is 6.04 Å².